The second kappa shape index (κ2) is 9.46. The molecular weight excluding hydrogens is 424 g/mol. The maximum absolute atomic E-state index is 13.4. The number of carbonyl (C=O) groups is 1. The van der Waals surface area contributed by atoms with E-state index in [1.807, 2.05) is 0 Å². The van der Waals surface area contributed by atoms with Gasteiger partial charge in [-0.2, -0.15) is 34.8 Å². The van der Waals surface area contributed by atoms with Crippen molar-refractivity contribution in [1.29, 1.82) is 0 Å². The van der Waals surface area contributed by atoms with Crippen LogP contribution >= 0.6 is 23.4 Å². The Morgan fingerprint density at radius 2 is 2.18 bits per heavy atom. The SMILES string of the molecule is CCC(CC(=O)Nc1cn(-c2cc(F)c[n+]([O-])c2)nc1Cl)SCCC(F)(F)F. The quantitative estimate of drug-likeness (QED) is 0.381. The average molecular weight is 441 g/mol. The van der Waals surface area contributed by atoms with Gasteiger partial charge in [0.05, 0.1) is 18.3 Å². The molecule has 0 spiro atoms. The van der Waals surface area contributed by atoms with Crippen molar-refractivity contribution in [3.05, 3.63) is 40.8 Å². The number of pyridine rings is 1. The van der Waals surface area contributed by atoms with E-state index in [4.69, 9.17) is 11.6 Å². The summed E-state index contributed by atoms with van der Waals surface area (Å²) in [7, 11) is 0. The summed E-state index contributed by atoms with van der Waals surface area (Å²) in [5.74, 6) is -1.33. The van der Waals surface area contributed by atoms with E-state index < -0.39 is 24.3 Å². The molecule has 0 fully saturated rings. The number of halogens is 5. The number of carbonyl (C=O) groups excluding carboxylic acids is 1. The maximum atomic E-state index is 13.4. The molecule has 2 rings (SSSR count). The lowest BCUT2D eigenvalue weighted by atomic mass is 10.2. The van der Waals surface area contributed by atoms with Crippen molar-refractivity contribution in [3.63, 3.8) is 0 Å². The molecule has 1 atom stereocenters. The van der Waals surface area contributed by atoms with Gasteiger partial charge < -0.3 is 10.5 Å². The van der Waals surface area contributed by atoms with Gasteiger partial charge in [-0.1, -0.05) is 18.5 Å². The summed E-state index contributed by atoms with van der Waals surface area (Å²) in [6.07, 6.45) is -1.50. The molecule has 1 N–H and O–H groups in total. The second-order valence-electron chi connectivity index (χ2n) is 5.87. The van der Waals surface area contributed by atoms with Crippen LogP contribution in [0.25, 0.3) is 5.69 Å². The molecule has 0 aliphatic heterocycles. The van der Waals surface area contributed by atoms with Gasteiger partial charge in [-0.05, 0) is 6.42 Å². The topological polar surface area (TPSA) is 73.9 Å². The molecule has 6 nitrogen and oxygen atoms in total. The first kappa shape index (κ1) is 22.3. The number of alkyl halides is 3. The smallest absolute Gasteiger partial charge is 0.389 e. The molecule has 0 saturated heterocycles. The van der Waals surface area contributed by atoms with Crippen LogP contribution in [0, 0.1) is 11.0 Å². The molecule has 0 saturated carbocycles. The molecule has 12 heteroatoms. The third-order valence-electron chi connectivity index (χ3n) is 3.61. The molecule has 154 valence electrons. The minimum Gasteiger partial charge on any atom is -0.619 e. The number of anilines is 1. The summed E-state index contributed by atoms with van der Waals surface area (Å²) in [5.41, 5.74) is 0.245. The molecule has 1 amide bonds. The fraction of sp³-hybridized carbons (Fsp3) is 0.438. The van der Waals surface area contributed by atoms with E-state index in [1.54, 1.807) is 6.92 Å². The molecule has 0 aliphatic rings. The van der Waals surface area contributed by atoms with Crippen molar-refractivity contribution in [2.75, 3.05) is 11.1 Å². The number of hydrogen-bond donors (Lipinski definition) is 1. The highest BCUT2D eigenvalue weighted by atomic mass is 35.5. The summed E-state index contributed by atoms with van der Waals surface area (Å²) < 4.78 is 51.5. The van der Waals surface area contributed by atoms with Gasteiger partial charge in [-0.3, -0.25) is 4.79 Å². The molecule has 2 aromatic heterocycles. The third kappa shape index (κ3) is 6.86. The van der Waals surface area contributed by atoms with E-state index in [0.717, 1.165) is 34.9 Å². The number of nitrogens with zero attached hydrogens (tertiary/aromatic N) is 3. The van der Waals surface area contributed by atoms with Gasteiger partial charge in [0.2, 0.25) is 18.3 Å². The highest BCUT2D eigenvalue weighted by molar-refractivity contribution is 7.99. The second-order valence-corrected chi connectivity index (χ2v) is 7.64. The van der Waals surface area contributed by atoms with Crippen LogP contribution in [-0.4, -0.2) is 32.9 Å². The van der Waals surface area contributed by atoms with E-state index >= 15 is 0 Å². The molecule has 0 bridgehead atoms. The minimum absolute atomic E-state index is 0.00105. The standard InChI is InChI=1S/C16H17ClF4N4O2S/c1-2-12(28-4-3-16(19,20)21)6-14(26)22-13-9-25(23-15(13)17)11-5-10(18)7-24(27)8-11/h5,7-9,12H,2-4,6H2,1H3,(H,22,26). The van der Waals surface area contributed by atoms with Gasteiger partial charge >= 0.3 is 6.18 Å². The van der Waals surface area contributed by atoms with Crippen LogP contribution in [0.4, 0.5) is 23.2 Å². The fourth-order valence-electron chi connectivity index (χ4n) is 2.27. The zero-order valence-electron chi connectivity index (χ0n) is 14.7. The first-order valence-electron chi connectivity index (χ1n) is 8.20. The van der Waals surface area contributed by atoms with Crippen molar-refractivity contribution in [2.24, 2.45) is 0 Å². The first-order valence-corrected chi connectivity index (χ1v) is 9.63. The van der Waals surface area contributed by atoms with Gasteiger partial charge in [0.1, 0.15) is 5.69 Å². The monoisotopic (exact) mass is 440 g/mol. The highest BCUT2D eigenvalue weighted by Crippen LogP contribution is 2.27. The molecule has 0 aliphatic carbocycles. The van der Waals surface area contributed by atoms with E-state index in [1.165, 1.54) is 6.20 Å². The van der Waals surface area contributed by atoms with Crippen LogP contribution in [0.3, 0.4) is 0 Å². The molecular formula is C16H17ClF4N4O2S. The predicted molar refractivity (Wildman–Crippen MR) is 97.9 cm³/mol. The Labute approximate surface area is 167 Å². The Kier molecular flexibility index (Phi) is 7.53. The van der Waals surface area contributed by atoms with E-state index in [0.29, 0.717) is 6.42 Å². The Bertz CT molecular complexity index is 811. The molecule has 2 aromatic rings. The Morgan fingerprint density at radius 3 is 2.79 bits per heavy atom. The van der Waals surface area contributed by atoms with Gasteiger partial charge in [-0.25, -0.2) is 9.07 Å². The highest BCUT2D eigenvalue weighted by Gasteiger charge is 2.27. The van der Waals surface area contributed by atoms with Gasteiger partial charge in [0.25, 0.3) is 0 Å². The number of hydrogen-bond acceptors (Lipinski definition) is 4. The third-order valence-corrected chi connectivity index (χ3v) is 5.30. The lowest BCUT2D eigenvalue weighted by Crippen LogP contribution is -2.26. The van der Waals surface area contributed by atoms with Crippen LogP contribution in [-0.2, 0) is 4.79 Å². The number of amides is 1. The van der Waals surface area contributed by atoms with Crippen LogP contribution in [0.1, 0.15) is 26.2 Å². The van der Waals surface area contributed by atoms with Crippen molar-refractivity contribution >= 4 is 35.0 Å². The summed E-state index contributed by atoms with van der Waals surface area (Å²) >= 11 is 7.05. The van der Waals surface area contributed by atoms with Crippen molar-refractivity contribution in [1.82, 2.24) is 9.78 Å². The van der Waals surface area contributed by atoms with E-state index in [-0.39, 0.29) is 38.7 Å². The van der Waals surface area contributed by atoms with Crippen LogP contribution < -0.4 is 10.0 Å². The van der Waals surface area contributed by atoms with Crippen molar-refractivity contribution in [2.45, 2.75) is 37.6 Å². The molecule has 0 aromatic carbocycles. The summed E-state index contributed by atoms with van der Waals surface area (Å²) in [4.78, 5) is 12.2. The zero-order chi connectivity index (χ0) is 20.9. The van der Waals surface area contributed by atoms with Crippen LogP contribution in [0.15, 0.2) is 24.7 Å². The molecule has 28 heavy (non-hydrogen) atoms. The number of thioether (sulfide) groups is 1. The van der Waals surface area contributed by atoms with Crippen molar-refractivity contribution < 1.29 is 27.1 Å². The van der Waals surface area contributed by atoms with E-state index in [2.05, 4.69) is 10.4 Å². The summed E-state index contributed by atoms with van der Waals surface area (Å²) in [6, 6.07) is 1.06. The normalized spacial score (nSPS) is 12.8. The summed E-state index contributed by atoms with van der Waals surface area (Å²) in [5, 5.41) is 17.4. The van der Waals surface area contributed by atoms with Crippen molar-refractivity contribution in [3.8, 4) is 5.69 Å². The lowest BCUT2D eigenvalue weighted by Gasteiger charge is -2.14. The fourth-order valence-corrected chi connectivity index (χ4v) is 3.63. The number of nitrogens with one attached hydrogen (secondary N) is 1. The van der Waals surface area contributed by atoms with Crippen LogP contribution in [0.2, 0.25) is 5.15 Å². The van der Waals surface area contributed by atoms with Gasteiger partial charge in [0, 0.05) is 23.5 Å². The first-order chi connectivity index (χ1) is 13.1. The summed E-state index contributed by atoms with van der Waals surface area (Å²) in [6.45, 7) is 1.78. The Hall–Kier alpha value is -2.01. The van der Waals surface area contributed by atoms with E-state index in [9.17, 15) is 27.6 Å². The molecule has 1 unspecified atom stereocenters. The van der Waals surface area contributed by atoms with Crippen LogP contribution in [0.5, 0.6) is 0 Å². The largest absolute Gasteiger partial charge is 0.619 e. The number of aromatic nitrogens is 3. The Balaban J connectivity index is 1.99. The lowest BCUT2D eigenvalue weighted by molar-refractivity contribution is -0.606. The predicted octanol–water partition coefficient (Wildman–Crippen LogP) is 4.09. The average Bonchev–Trinajstić information content (AvgIpc) is 2.92. The maximum Gasteiger partial charge on any atom is 0.389 e. The zero-order valence-corrected chi connectivity index (χ0v) is 16.2. The number of rotatable bonds is 8. The Morgan fingerprint density at radius 1 is 1.46 bits per heavy atom. The van der Waals surface area contributed by atoms with Gasteiger partial charge in [-0.15, -0.1) is 0 Å². The molecule has 0 radical (unpaired) electrons. The minimum atomic E-state index is -4.23. The molecule has 2 heterocycles. The van der Waals surface area contributed by atoms with Gasteiger partial charge in [0.15, 0.2) is 11.0 Å².